The van der Waals surface area contributed by atoms with E-state index in [4.69, 9.17) is 15.6 Å². The SMILES string of the molecule is CCCCCCCCCCCCC/C=C/[C@H](O)[C@H](N)CO[C@H](O)[C@H](C)O. The number of aliphatic hydroxyl groups is 3. The van der Waals surface area contributed by atoms with E-state index in [9.17, 15) is 10.2 Å². The molecular weight excluding hydrogens is 330 g/mol. The number of nitrogens with two attached hydrogens (primary N) is 1. The van der Waals surface area contributed by atoms with Gasteiger partial charge in [-0.2, -0.15) is 0 Å². The third-order valence-electron chi connectivity index (χ3n) is 4.62. The molecule has 4 atom stereocenters. The Morgan fingerprint density at radius 3 is 1.85 bits per heavy atom. The van der Waals surface area contributed by atoms with Gasteiger partial charge in [-0.1, -0.05) is 83.3 Å². The summed E-state index contributed by atoms with van der Waals surface area (Å²) >= 11 is 0. The van der Waals surface area contributed by atoms with Crippen LogP contribution in [0.1, 0.15) is 90.9 Å². The number of hydrogen-bond acceptors (Lipinski definition) is 5. The van der Waals surface area contributed by atoms with Gasteiger partial charge in [0.25, 0.3) is 0 Å². The molecule has 0 amide bonds. The van der Waals surface area contributed by atoms with Gasteiger partial charge < -0.3 is 25.8 Å². The summed E-state index contributed by atoms with van der Waals surface area (Å²) in [5.74, 6) is 0. The Morgan fingerprint density at radius 1 is 0.846 bits per heavy atom. The zero-order valence-electron chi connectivity index (χ0n) is 17.0. The fraction of sp³-hybridized carbons (Fsp3) is 0.905. The summed E-state index contributed by atoms with van der Waals surface area (Å²) in [6.45, 7) is 3.68. The summed E-state index contributed by atoms with van der Waals surface area (Å²) in [5, 5.41) is 28.4. The lowest BCUT2D eigenvalue weighted by Crippen LogP contribution is -2.40. The lowest BCUT2D eigenvalue weighted by Gasteiger charge is -2.20. The standard InChI is InChI=1S/C21H43NO4/c1-3-4-5-6-7-8-9-10-11-12-13-14-15-16-20(24)19(22)17-26-21(25)18(2)23/h15-16,18-21,23-25H,3-14,17,22H2,1-2H3/b16-15+/t18-,19+,20-,21-/m0/s1. The fourth-order valence-electron chi connectivity index (χ4n) is 2.75. The summed E-state index contributed by atoms with van der Waals surface area (Å²) in [5.41, 5.74) is 5.79. The Bertz CT molecular complexity index is 323. The van der Waals surface area contributed by atoms with Crippen LogP contribution >= 0.6 is 0 Å². The summed E-state index contributed by atoms with van der Waals surface area (Å²) in [7, 11) is 0. The summed E-state index contributed by atoms with van der Waals surface area (Å²) in [6.07, 6.45) is 16.1. The normalized spacial score (nSPS) is 16.7. The van der Waals surface area contributed by atoms with E-state index in [0.717, 1.165) is 12.8 Å². The second-order valence-corrected chi connectivity index (χ2v) is 7.37. The first-order valence-corrected chi connectivity index (χ1v) is 10.6. The lowest BCUT2D eigenvalue weighted by atomic mass is 10.0. The molecule has 0 aromatic carbocycles. The van der Waals surface area contributed by atoms with Crippen molar-refractivity contribution < 1.29 is 20.1 Å². The van der Waals surface area contributed by atoms with Crippen LogP contribution in [-0.4, -0.2) is 46.5 Å². The van der Waals surface area contributed by atoms with Crippen LogP contribution in [0.3, 0.4) is 0 Å². The van der Waals surface area contributed by atoms with E-state index < -0.39 is 24.5 Å². The van der Waals surface area contributed by atoms with E-state index in [2.05, 4.69) is 6.92 Å². The highest BCUT2D eigenvalue weighted by atomic mass is 16.6. The molecule has 0 saturated heterocycles. The van der Waals surface area contributed by atoms with Gasteiger partial charge in [-0.25, -0.2) is 0 Å². The first kappa shape index (κ1) is 25.5. The molecule has 0 fully saturated rings. The fourth-order valence-corrected chi connectivity index (χ4v) is 2.75. The average Bonchev–Trinajstić information content (AvgIpc) is 2.62. The van der Waals surface area contributed by atoms with Crippen molar-refractivity contribution in [3.05, 3.63) is 12.2 Å². The minimum absolute atomic E-state index is 0.00395. The first-order valence-electron chi connectivity index (χ1n) is 10.6. The van der Waals surface area contributed by atoms with Gasteiger partial charge in [0.15, 0.2) is 6.29 Å². The number of rotatable bonds is 18. The number of ether oxygens (including phenoxy) is 1. The van der Waals surface area contributed by atoms with Gasteiger partial charge in [-0.3, -0.25) is 0 Å². The second-order valence-electron chi connectivity index (χ2n) is 7.37. The smallest absolute Gasteiger partial charge is 0.180 e. The molecule has 0 unspecified atom stereocenters. The zero-order chi connectivity index (χ0) is 19.6. The Hall–Kier alpha value is -0.460. The van der Waals surface area contributed by atoms with E-state index in [1.165, 1.54) is 71.1 Å². The molecule has 0 heterocycles. The molecule has 26 heavy (non-hydrogen) atoms. The quantitative estimate of drug-likeness (QED) is 0.167. The minimum atomic E-state index is -1.27. The second kappa shape index (κ2) is 17.9. The molecule has 156 valence electrons. The van der Waals surface area contributed by atoms with Crippen LogP contribution < -0.4 is 5.73 Å². The molecule has 0 bridgehead atoms. The summed E-state index contributed by atoms with van der Waals surface area (Å²) in [6, 6.07) is -0.614. The highest BCUT2D eigenvalue weighted by Crippen LogP contribution is 2.12. The number of allylic oxidation sites excluding steroid dienone is 1. The largest absolute Gasteiger partial charge is 0.388 e. The minimum Gasteiger partial charge on any atom is -0.388 e. The molecule has 5 nitrogen and oxygen atoms in total. The zero-order valence-corrected chi connectivity index (χ0v) is 17.0. The van der Waals surface area contributed by atoms with Crippen LogP contribution in [0.25, 0.3) is 0 Å². The number of hydrogen-bond donors (Lipinski definition) is 4. The molecule has 0 saturated carbocycles. The third-order valence-corrected chi connectivity index (χ3v) is 4.62. The van der Waals surface area contributed by atoms with Gasteiger partial charge in [0.05, 0.1) is 18.8 Å². The Kier molecular flexibility index (Phi) is 17.6. The van der Waals surface area contributed by atoms with Crippen molar-refractivity contribution in [3.8, 4) is 0 Å². The van der Waals surface area contributed by atoms with Crippen LogP contribution in [0, 0.1) is 0 Å². The van der Waals surface area contributed by atoms with Crippen molar-refractivity contribution >= 4 is 0 Å². The maximum Gasteiger partial charge on any atom is 0.180 e. The van der Waals surface area contributed by atoms with E-state index in [1.807, 2.05) is 6.08 Å². The molecule has 0 spiro atoms. The van der Waals surface area contributed by atoms with E-state index in [0.29, 0.717) is 0 Å². The molecule has 0 radical (unpaired) electrons. The molecule has 0 aliphatic heterocycles. The van der Waals surface area contributed by atoms with Crippen LogP contribution in [0.2, 0.25) is 0 Å². The van der Waals surface area contributed by atoms with Crippen LogP contribution in [-0.2, 0) is 4.74 Å². The molecule has 0 aliphatic rings. The van der Waals surface area contributed by atoms with Crippen molar-refractivity contribution in [1.29, 1.82) is 0 Å². The maximum absolute atomic E-state index is 9.91. The van der Waals surface area contributed by atoms with Crippen molar-refractivity contribution in [1.82, 2.24) is 0 Å². The van der Waals surface area contributed by atoms with Crippen LogP contribution in [0.4, 0.5) is 0 Å². The van der Waals surface area contributed by atoms with Gasteiger partial charge in [0, 0.05) is 0 Å². The van der Waals surface area contributed by atoms with E-state index in [-0.39, 0.29) is 6.61 Å². The van der Waals surface area contributed by atoms with Crippen molar-refractivity contribution in [3.63, 3.8) is 0 Å². The van der Waals surface area contributed by atoms with E-state index in [1.54, 1.807) is 6.08 Å². The predicted octanol–water partition coefficient (Wildman–Crippen LogP) is 3.65. The first-order chi connectivity index (χ1) is 12.5. The molecule has 0 aromatic heterocycles. The van der Waals surface area contributed by atoms with Gasteiger partial charge in [-0.05, 0) is 19.8 Å². The van der Waals surface area contributed by atoms with Gasteiger partial charge >= 0.3 is 0 Å². The summed E-state index contributed by atoms with van der Waals surface area (Å²) in [4.78, 5) is 0. The van der Waals surface area contributed by atoms with Gasteiger partial charge in [0.2, 0.25) is 0 Å². The Labute approximate surface area is 160 Å². The highest BCUT2D eigenvalue weighted by Gasteiger charge is 2.16. The van der Waals surface area contributed by atoms with Crippen LogP contribution in [0.15, 0.2) is 12.2 Å². The monoisotopic (exact) mass is 373 g/mol. The molecular formula is C21H43NO4. The van der Waals surface area contributed by atoms with Crippen molar-refractivity contribution in [2.45, 2.75) is 115 Å². The van der Waals surface area contributed by atoms with E-state index >= 15 is 0 Å². The maximum atomic E-state index is 9.91. The Balaban J connectivity index is 3.48. The number of aliphatic hydroxyl groups excluding tert-OH is 3. The average molecular weight is 374 g/mol. The van der Waals surface area contributed by atoms with Crippen molar-refractivity contribution in [2.75, 3.05) is 6.61 Å². The molecule has 5 heteroatoms. The molecule has 5 N–H and O–H groups in total. The molecule has 0 aromatic rings. The Morgan fingerprint density at radius 2 is 1.35 bits per heavy atom. The van der Waals surface area contributed by atoms with Crippen molar-refractivity contribution in [2.24, 2.45) is 5.73 Å². The lowest BCUT2D eigenvalue weighted by molar-refractivity contribution is -0.161. The number of unbranched alkanes of at least 4 members (excludes halogenated alkanes) is 11. The highest BCUT2D eigenvalue weighted by molar-refractivity contribution is 4.93. The topological polar surface area (TPSA) is 95.9 Å². The molecule has 0 rings (SSSR count). The van der Waals surface area contributed by atoms with Gasteiger partial charge in [-0.15, -0.1) is 0 Å². The molecule has 0 aliphatic carbocycles. The third kappa shape index (κ3) is 15.8. The predicted molar refractivity (Wildman–Crippen MR) is 108 cm³/mol. The summed E-state index contributed by atoms with van der Waals surface area (Å²) < 4.78 is 4.99. The van der Waals surface area contributed by atoms with Gasteiger partial charge in [0.1, 0.15) is 6.10 Å². The van der Waals surface area contributed by atoms with Crippen LogP contribution in [0.5, 0.6) is 0 Å².